The normalized spacial score (nSPS) is 16.3. The average molecular weight is 383 g/mol. The van der Waals surface area contributed by atoms with Gasteiger partial charge >= 0.3 is 0 Å². The van der Waals surface area contributed by atoms with E-state index in [1.54, 1.807) is 0 Å². The van der Waals surface area contributed by atoms with Gasteiger partial charge in [0.05, 0.1) is 17.1 Å². The molecule has 29 heavy (non-hydrogen) atoms. The van der Waals surface area contributed by atoms with Crippen LogP contribution in [0.15, 0.2) is 86.3 Å². The molecule has 0 radical (unpaired) electrons. The zero-order chi connectivity index (χ0) is 20.4. The van der Waals surface area contributed by atoms with Crippen molar-refractivity contribution < 1.29 is 0 Å². The molecule has 0 aromatic heterocycles. The molecular weight excluding hydrogens is 362 g/mol. The van der Waals surface area contributed by atoms with E-state index in [0.29, 0.717) is 23.3 Å². The van der Waals surface area contributed by atoms with E-state index in [1.807, 2.05) is 79.4 Å². The maximum Gasteiger partial charge on any atom is 0.239 e. The van der Waals surface area contributed by atoms with Crippen molar-refractivity contribution in [3.8, 4) is 0 Å². The van der Waals surface area contributed by atoms with Gasteiger partial charge in [-0.1, -0.05) is 38.1 Å². The molecule has 2 aromatic carbocycles. The minimum Gasteiger partial charge on any atom is -0.399 e. The van der Waals surface area contributed by atoms with Crippen LogP contribution in [0.5, 0.6) is 0 Å². The van der Waals surface area contributed by atoms with Crippen LogP contribution in [0.4, 0.5) is 11.4 Å². The van der Waals surface area contributed by atoms with E-state index in [4.69, 9.17) is 11.5 Å². The second kappa shape index (κ2) is 7.55. The predicted molar refractivity (Wildman–Crippen MR) is 121 cm³/mol. The molecule has 3 aliphatic rings. The zero-order valence-corrected chi connectivity index (χ0v) is 16.2. The summed E-state index contributed by atoms with van der Waals surface area (Å²) in [5.41, 5.74) is 17.5. The zero-order valence-electron chi connectivity index (χ0n) is 16.2. The SMILES string of the molecule is CC.Nc1ccc(C2=CC3=CC(c4ccc(N)cc4)=NC4=NC=NC(=N2)N34)cc1. The van der Waals surface area contributed by atoms with Gasteiger partial charge in [-0.25, -0.2) is 24.9 Å². The Morgan fingerprint density at radius 1 is 0.724 bits per heavy atom. The Morgan fingerprint density at radius 3 is 2.00 bits per heavy atom. The highest BCUT2D eigenvalue weighted by Crippen LogP contribution is 2.30. The average Bonchev–Trinajstić information content (AvgIpc) is 2.76. The van der Waals surface area contributed by atoms with Gasteiger partial charge in [-0.15, -0.1) is 0 Å². The summed E-state index contributed by atoms with van der Waals surface area (Å²) in [6, 6.07) is 15.2. The summed E-state index contributed by atoms with van der Waals surface area (Å²) in [5.74, 6) is 1.08. The molecular formula is C22H21N7. The van der Waals surface area contributed by atoms with Crippen molar-refractivity contribution in [2.75, 3.05) is 11.5 Å². The van der Waals surface area contributed by atoms with Crippen LogP contribution in [0, 0.1) is 0 Å². The molecule has 0 saturated carbocycles. The van der Waals surface area contributed by atoms with Gasteiger partial charge in [0.25, 0.3) is 0 Å². The first-order valence-electron chi connectivity index (χ1n) is 9.40. The van der Waals surface area contributed by atoms with Crippen molar-refractivity contribution in [2.45, 2.75) is 13.8 Å². The van der Waals surface area contributed by atoms with Gasteiger partial charge in [0.1, 0.15) is 6.34 Å². The van der Waals surface area contributed by atoms with Gasteiger partial charge in [0.2, 0.25) is 11.9 Å². The highest BCUT2D eigenvalue weighted by molar-refractivity contribution is 6.22. The molecule has 0 fully saturated rings. The molecule has 5 rings (SSSR count). The Bertz CT molecular complexity index is 1070. The summed E-state index contributed by atoms with van der Waals surface area (Å²) in [4.78, 5) is 19.8. The first kappa shape index (κ1) is 18.4. The largest absolute Gasteiger partial charge is 0.399 e. The lowest BCUT2D eigenvalue weighted by Gasteiger charge is -2.31. The van der Waals surface area contributed by atoms with Gasteiger partial charge in [-0.2, -0.15) is 0 Å². The van der Waals surface area contributed by atoms with Crippen molar-refractivity contribution in [3.05, 3.63) is 77.5 Å². The first-order chi connectivity index (χ1) is 14.2. The number of nitrogens with zero attached hydrogens (tertiary/aromatic N) is 5. The Labute approximate surface area is 169 Å². The third-order valence-corrected chi connectivity index (χ3v) is 4.43. The number of allylic oxidation sites excluding steroid dienone is 2. The highest BCUT2D eigenvalue weighted by atomic mass is 15.4. The van der Waals surface area contributed by atoms with Crippen molar-refractivity contribution in [1.82, 2.24) is 4.90 Å². The monoisotopic (exact) mass is 383 g/mol. The molecule has 2 aromatic rings. The molecule has 0 spiro atoms. The Hall–Kier alpha value is -4.00. The molecule has 3 heterocycles. The number of nitrogens with two attached hydrogens (primary N) is 2. The summed E-state index contributed by atoms with van der Waals surface area (Å²) in [6.07, 6.45) is 5.47. The molecule has 144 valence electrons. The van der Waals surface area contributed by atoms with E-state index in [0.717, 1.165) is 28.2 Å². The summed E-state index contributed by atoms with van der Waals surface area (Å²) >= 11 is 0. The quantitative estimate of drug-likeness (QED) is 0.773. The van der Waals surface area contributed by atoms with Crippen LogP contribution < -0.4 is 11.5 Å². The minimum absolute atomic E-state index is 0.542. The van der Waals surface area contributed by atoms with Crippen LogP contribution in [-0.4, -0.2) is 28.9 Å². The fourth-order valence-electron chi connectivity index (χ4n) is 3.06. The van der Waals surface area contributed by atoms with Gasteiger partial charge in [0.15, 0.2) is 0 Å². The Morgan fingerprint density at radius 2 is 1.34 bits per heavy atom. The van der Waals surface area contributed by atoms with E-state index in [1.165, 1.54) is 6.34 Å². The topological polar surface area (TPSA) is 105 Å². The fraction of sp³-hybridized carbons (Fsp3) is 0.0909. The van der Waals surface area contributed by atoms with E-state index in [2.05, 4.69) is 20.0 Å². The second-order valence-electron chi connectivity index (χ2n) is 6.26. The van der Waals surface area contributed by atoms with Crippen LogP contribution in [-0.2, 0) is 0 Å². The molecule has 0 aliphatic carbocycles. The number of hydrogen-bond acceptors (Lipinski definition) is 7. The van der Waals surface area contributed by atoms with Gasteiger partial charge in [0, 0.05) is 22.5 Å². The van der Waals surface area contributed by atoms with Crippen molar-refractivity contribution in [3.63, 3.8) is 0 Å². The molecule has 7 nitrogen and oxygen atoms in total. The van der Waals surface area contributed by atoms with E-state index < -0.39 is 0 Å². The van der Waals surface area contributed by atoms with Crippen LogP contribution in [0.3, 0.4) is 0 Å². The molecule has 0 atom stereocenters. The molecule has 0 bridgehead atoms. The van der Waals surface area contributed by atoms with Gasteiger partial charge in [-0.05, 0) is 36.4 Å². The number of benzene rings is 2. The lowest BCUT2D eigenvalue weighted by molar-refractivity contribution is 0.738. The number of anilines is 2. The van der Waals surface area contributed by atoms with Crippen molar-refractivity contribution in [2.24, 2.45) is 20.0 Å². The highest BCUT2D eigenvalue weighted by Gasteiger charge is 2.30. The Balaban J connectivity index is 0.000000994. The van der Waals surface area contributed by atoms with Crippen LogP contribution >= 0.6 is 0 Å². The molecule has 7 heteroatoms. The smallest absolute Gasteiger partial charge is 0.239 e. The third kappa shape index (κ3) is 3.45. The van der Waals surface area contributed by atoms with Crippen molar-refractivity contribution in [1.29, 1.82) is 0 Å². The predicted octanol–water partition coefficient (Wildman–Crippen LogP) is 3.67. The van der Waals surface area contributed by atoms with Crippen LogP contribution in [0.2, 0.25) is 0 Å². The first-order valence-corrected chi connectivity index (χ1v) is 9.40. The molecule has 0 unspecified atom stereocenters. The summed E-state index contributed by atoms with van der Waals surface area (Å²) in [5, 5.41) is 0. The maximum atomic E-state index is 5.80. The number of guanidine groups is 2. The Kier molecular flexibility index (Phi) is 4.78. The molecule has 0 amide bonds. The third-order valence-electron chi connectivity index (χ3n) is 4.43. The number of hydrogen-bond donors (Lipinski definition) is 2. The van der Waals surface area contributed by atoms with E-state index in [9.17, 15) is 0 Å². The van der Waals surface area contributed by atoms with E-state index in [-0.39, 0.29) is 0 Å². The maximum absolute atomic E-state index is 5.80. The lowest BCUT2D eigenvalue weighted by Crippen LogP contribution is -2.40. The van der Waals surface area contributed by atoms with Crippen molar-refractivity contribution >= 4 is 41.0 Å². The lowest BCUT2D eigenvalue weighted by atomic mass is 10.0. The second-order valence-corrected chi connectivity index (χ2v) is 6.26. The standard InChI is InChI=1S/C20H15N7.C2H6/c21-14-5-1-12(2-6-14)17-9-16-10-18(13-3-7-15(22)8-4-13)26-20-24-11-23-19(25-17)27(16)20;1-2/h1-11H,21-22H2;1-2H3. The van der Waals surface area contributed by atoms with Gasteiger partial charge < -0.3 is 11.5 Å². The summed E-state index contributed by atoms with van der Waals surface area (Å²) in [7, 11) is 0. The molecule has 4 N–H and O–H groups in total. The number of nitrogen functional groups attached to an aromatic ring is 2. The number of aliphatic imine (C=N–C) groups is 4. The molecule has 3 aliphatic heterocycles. The van der Waals surface area contributed by atoms with Crippen LogP contribution in [0.1, 0.15) is 25.0 Å². The summed E-state index contributed by atoms with van der Waals surface area (Å²) < 4.78 is 0. The fourth-order valence-corrected chi connectivity index (χ4v) is 3.06. The minimum atomic E-state index is 0.542. The van der Waals surface area contributed by atoms with Gasteiger partial charge in [-0.3, -0.25) is 0 Å². The van der Waals surface area contributed by atoms with E-state index >= 15 is 0 Å². The number of rotatable bonds is 2. The molecule has 0 saturated heterocycles. The van der Waals surface area contributed by atoms with Crippen LogP contribution in [0.25, 0.3) is 5.70 Å². The summed E-state index contributed by atoms with van der Waals surface area (Å²) in [6.45, 7) is 4.00.